The largest absolute Gasteiger partial charge is 0.507 e. The van der Waals surface area contributed by atoms with E-state index in [-0.39, 0.29) is 11.3 Å². The number of likely N-dealkylation sites (tertiary alicyclic amines) is 1. The Kier molecular flexibility index (Phi) is 6.01. The highest BCUT2D eigenvalue weighted by atomic mass is 32.1. The Bertz CT molecular complexity index is 916. The molecule has 1 amide bonds. The molecule has 1 aromatic carbocycles. The monoisotopic (exact) mass is 398 g/mol. The lowest BCUT2D eigenvalue weighted by Gasteiger charge is -2.24. The molecule has 28 heavy (non-hydrogen) atoms. The molecule has 0 saturated carbocycles. The maximum absolute atomic E-state index is 12.9. The Labute approximate surface area is 169 Å². The molecule has 1 fully saturated rings. The second-order valence-electron chi connectivity index (χ2n) is 7.46. The second kappa shape index (κ2) is 8.29. The molecular weight excluding hydrogens is 372 g/mol. The van der Waals surface area contributed by atoms with E-state index in [1.54, 1.807) is 11.0 Å². The summed E-state index contributed by atoms with van der Waals surface area (Å²) in [5.41, 5.74) is 2.88. The molecule has 5 nitrogen and oxygen atoms in total. The summed E-state index contributed by atoms with van der Waals surface area (Å²) in [5.74, 6) is -1.25. The van der Waals surface area contributed by atoms with Gasteiger partial charge in [-0.25, -0.2) is 0 Å². The van der Waals surface area contributed by atoms with Gasteiger partial charge in [-0.1, -0.05) is 18.2 Å². The van der Waals surface area contributed by atoms with Crippen molar-refractivity contribution in [3.8, 4) is 0 Å². The maximum atomic E-state index is 12.9. The minimum absolute atomic E-state index is 0.102. The van der Waals surface area contributed by atoms with Gasteiger partial charge in [0.2, 0.25) is 0 Å². The van der Waals surface area contributed by atoms with E-state index in [1.165, 1.54) is 11.3 Å². The first-order chi connectivity index (χ1) is 13.3. The van der Waals surface area contributed by atoms with E-state index in [4.69, 9.17) is 0 Å². The van der Waals surface area contributed by atoms with Gasteiger partial charge in [0.1, 0.15) is 5.76 Å². The lowest BCUT2D eigenvalue weighted by atomic mass is 9.97. The standard InChI is InChI=1S/C22H26N2O3S/c1-14-8-9-16(13-15(14)2)20(25)18-19(17-7-5-12-28-17)24(22(27)21(18)26)11-6-10-23(3)4/h5,7-9,12-13,19,25H,6,10-11H2,1-4H3/b20-18-. The molecule has 0 aliphatic carbocycles. The summed E-state index contributed by atoms with van der Waals surface area (Å²) in [6.07, 6.45) is 0.756. The van der Waals surface area contributed by atoms with Crippen LogP contribution in [0.4, 0.5) is 0 Å². The number of thiophene rings is 1. The van der Waals surface area contributed by atoms with Gasteiger partial charge >= 0.3 is 0 Å². The first-order valence-corrected chi connectivity index (χ1v) is 10.2. The highest BCUT2D eigenvalue weighted by molar-refractivity contribution is 7.10. The molecule has 3 rings (SSSR count). The molecule has 0 radical (unpaired) electrons. The van der Waals surface area contributed by atoms with E-state index in [0.717, 1.165) is 29.0 Å². The molecule has 1 N–H and O–H groups in total. The fourth-order valence-corrected chi connectivity index (χ4v) is 4.30. The number of carbonyl (C=O) groups excluding carboxylic acids is 2. The summed E-state index contributed by atoms with van der Waals surface area (Å²) < 4.78 is 0. The lowest BCUT2D eigenvalue weighted by molar-refractivity contribution is -0.139. The quantitative estimate of drug-likeness (QED) is 0.457. The van der Waals surface area contributed by atoms with E-state index in [0.29, 0.717) is 12.1 Å². The molecule has 1 aliphatic heterocycles. The van der Waals surface area contributed by atoms with Crippen LogP contribution in [0.25, 0.3) is 5.76 Å². The van der Waals surface area contributed by atoms with Crippen LogP contribution < -0.4 is 0 Å². The normalized spacial score (nSPS) is 19.0. The van der Waals surface area contributed by atoms with Crippen LogP contribution in [0.15, 0.2) is 41.3 Å². The Morgan fingerprint density at radius 2 is 1.93 bits per heavy atom. The fourth-order valence-electron chi connectivity index (χ4n) is 3.45. The number of hydrogen-bond donors (Lipinski definition) is 1. The first-order valence-electron chi connectivity index (χ1n) is 9.35. The predicted octanol–water partition coefficient (Wildman–Crippen LogP) is 3.74. The van der Waals surface area contributed by atoms with Crippen LogP contribution in [0.5, 0.6) is 0 Å². The third-order valence-electron chi connectivity index (χ3n) is 5.14. The van der Waals surface area contributed by atoms with E-state index in [9.17, 15) is 14.7 Å². The van der Waals surface area contributed by atoms with Gasteiger partial charge in [0, 0.05) is 17.0 Å². The maximum Gasteiger partial charge on any atom is 0.295 e. The molecule has 2 heterocycles. The van der Waals surface area contributed by atoms with E-state index < -0.39 is 17.7 Å². The Morgan fingerprint density at radius 1 is 1.18 bits per heavy atom. The molecule has 1 atom stereocenters. The number of rotatable bonds is 6. The fraction of sp³-hybridized carbons (Fsp3) is 0.364. The van der Waals surface area contributed by atoms with Crippen LogP contribution in [-0.2, 0) is 9.59 Å². The van der Waals surface area contributed by atoms with Crippen LogP contribution in [-0.4, -0.2) is 53.8 Å². The van der Waals surface area contributed by atoms with Gasteiger partial charge in [-0.2, -0.15) is 0 Å². The van der Waals surface area contributed by atoms with Crippen LogP contribution in [0, 0.1) is 13.8 Å². The smallest absolute Gasteiger partial charge is 0.295 e. The molecule has 148 valence electrons. The Balaban J connectivity index is 2.05. The number of hydrogen-bond acceptors (Lipinski definition) is 5. The highest BCUT2D eigenvalue weighted by Crippen LogP contribution is 2.41. The molecular formula is C22H26N2O3S. The number of ketones is 1. The molecule has 2 aromatic rings. The summed E-state index contributed by atoms with van der Waals surface area (Å²) in [7, 11) is 3.95. The average molecular weight is 399 g/mol. The van der Waals surface area contributed by atoms with Crippen molar-refractivity contribution in [3.05, 3.63) is 62.9 Å². The summed E-state index contributed by atoms with van der Waals surface area (Å²) >= 11 is 1.49. The number of aliphatic hydroxyl groups is 1. The van der Waals surface area contributed by atoms with Crippen LogP contribution >= 0.6 is 11.3 Å². The minimum atomic E-state index is -0.612. The highest BCUT2D eigenvalue weighted by Gasteiger charge is 2.46. The molecule has 0 bridgehead atoms. The van der Waals surface area contributed by atoms with E-state index >= 15 is 0 Å². The molecule has 1 aliphatic rings. The van der Waals surface area contributed by atoms with Crippen molar-refractivity contribution in [3.63, 3.8) is 0 Å². The summed E-state index contributed by atoms with van der Waals surface area (Å²) in [4.78, 5) is 30.2. The Morgan fingerprint density at radius 3 is 2.54 bits per heavy atom. The first kappa shape index (κ1) is 20.3. The van der Waals surface area contributed by atoms with Crippen LogP contribution in [0.2, 0.25) is 0 Å². The van der Waals surface area contributed by atoms with Crippen molar-refractivity contribution in [1.82, 2.24) is 9.80 Å². The number of nitrogens with zero attached hydrogens (tertiary/aromatic N) is 2. The van der Waals surface area contributed by atoms with Crippen molar-refractivity contribution in [2.75, 3.05) is 27.2 Å². The van der Waals surface area contributed by atoms with E-state index in [1.807, 2.05) is 62.5 Å². The second-order valence-corrected chi connectivity index (χ2v) is 8.44. The molecule has 1 aromatic heterocycles. The number of Topliss-reactive ketones (excluding diaryl/α,β-unsaturated/α-hetero) is 1. The zero-order chi connectivity index (χ0) is 20.4. The zero-order valence-electron chi connectivity index (χ0n) is 16.7. The minimum Gasteiger partial charge on any atom is -0.507 e. The third-order valence-corrected chi connectivity index (χ3v) is 6.06. The zero-order valence-corrected chi connectivity index (χ0v) is 17.5. The molecule has 1 saturated heterocycles. The van der Waals surface area contributed by atoms with Crippen molar-refractivity contribution >= 4 is 28.8 Å². The van der Waals surface area contributed by atoms with Gasteiger partial charge in [-0.3, -0.25) is 9.59 Å². The van der Waals surface area contributed by atoms with Crippen molar-refractivity contribution in [2.24, 2.45) is 0 Å². The molecule has 0 spiro atoms. The molecule has 1 unspecified atom stereocenters. The average Bonchev–Trinajstić information content (AvgIpc) is 3.25. The summed E-state index contributed by atoms with van der Waals surface area (Å²) in [5, 5.41) is 12.9. The van der Waals surface area contributed by atoms with Gasteiger partial charge < -0.3 is 14.9 Å². The lowest BCUT2D eigenvalue weighted by Crippen LogP contribution is -2.32. The van der Waals surface area contributed by atoms with Crippen LogP contribution in [0.1, 0.15) is 34.0 Å². The Hall–Kier alpha value is -2.44. The van der Waals surface area contributed by atoms with Gasteiger partial charge in [-0.15, -0.1) is 11.3 Å². The topological polar surface area (TPSA) is 60.9 Å². The predicted molar refractivity (Wildman–Crippen MR) is 112 cm³/mol. The van der Waals surface area contributed by atoms with Crippen molar-refractivity contribution in [2.45, 2.75) is 26.3 Å². The SMILES string of the molecule is Cc1ccc(/C(O)=C2/C(=O)C(=O)N(CCCN(C)C)C2c2cccs2)cc1C. The van der Waals surface area contributed by atoms with E-state index in [2.05, 4.69) is 0 Å². The van der Waals surface area contributed by atoms with Gasteiger partial charge in [0.05, 0.1) is 11.6 Å². The number of amides is 1. The van der Waals surface area contributed by atoms with Gasteiger partial charge in [0.25, 0.3) is 11.7 Å². The third kappa shape index (κ3) is 3.88. The van der Waals surface area contributed by atoms with Crippen molar-refractivity contribution < 1.29 is 14.7 Å². The molecule has 6 heteroatoms. The number of benzene rings is 1. The number of aryl methyl sites for hydroxylation is 2. The number of aliphatic hydroxyl groups excluding tert-OH is 1. The summed E-state index contributed by atoms with van der Waals surface area (Å²) in [6, 6.07) is 8.84. The van der Waals surface area contributed by atoms with Gasteiger partial charge in [-0.05, 0) is 69.5 Å². The number of carbonyl (C=O) groups is 2. The summed E-state index contributed by atoms with van der Waals surface area (Å²) in [6.45, 7) is 5.24. The van der Waals surface area contributed by atoms with Gasteiger partial charge in [0.15, 0.2) is 0 Å². The van der Waals surface area contributed by atoms with Crippen LogP contribution in [0.3, 0.4) is 0 Å². The van der Waals surface area contributed by atoms with Crippen molar-refractivity contribution in [1.29, 1.82) is 0 Å².